The molecule has 0 saturated carbocycles. The molecule has 7 nitrogen and oxygen atoms in total. The van der Waals surface area contributed by atoms with Gasteiger partial charge in [0, 0.05) is 17.6 Å². The number of nitrogens with zero attached hydrogens (tertiary/aromatic N) is 2. The Morgan fingerprint density at radius 3 is 2.86 bits per heavy atom. The van der Waals surface area contributed by atoms with E-state index in [2.05, 4.69) is 45.1 Å². The molecule has 2 N–H and O–H groups in total. The molecule has 0 fully saturated rings. The lowest BCUT2D eigenvalue weighted by Gasteiger charge is -2.13. The number of halogens is 1. The standard InChI is InChI=1S/C19H23BrN4O3S/c1-3-5-6-10-24-17(26)14-11-13(20)7-8-15(14)22-19(24)28-12-16(25)23-18(27)21-9-4-2/h4,7-8,11H,2-3,5-6,9-10,12H2,1H3,(H2,21,23,25,27). The Bertz CT molecular complexity index is 929. The molecule has 0 radical (unpaired) electrons. The largest absolute Gasteiger partial charge is 0.334 e. The number of carbonyl (C=O) groups excluding carboxylic acids is 2. The molecular weight excluding hydrogens is 444 g/mol. The predicted octanol–water partition coefficient (Wildman–Crippen LogP) is 3.45. The van der Waals surface area contributed by atoms with Gasteiger partial charge in [0.2, 0.25) is 5.91 Å². The zero-order valence-corrected chi connectivity index (χ0v) is 18.1. The smallest absolute Gasteiger partial charge is 0.321 e. The number of rotatable bonds is 9. The third-order valence-electron chi connectivity index (χ3n) is 3.86. The summed E-state index contributed by atoms with van der Waals surface area (Å²) in [5, 5.41) is 5.71. The fourth-order valence-corrected chi connectivity index (χ4v) is 3.69. The number of carbonyl (C=O) groups is 2. The molecule has 150 valence electrons. The zero-order valence-electron chi connectivity index (χ0n) is 15.7. The molecule has 9 heteroatoms. The quantitative estimate of drug-likeness (QED) is 0.255. The second-order valence-electron chi connectivity index (χ2n) is 6.06. The summed E-state index contributed by atoms with van der Waals surface area (Å²) in [5.74, 6) is -0.485. The molecule has 0 aliphatic heterocycles. The minimum atomic E-state index is -0.581. The zero-order chi connectivity index (χ0) is 20.5. The maximum Gasteiger partial charge on any atom is 0.321 e. The summed E-state index contributed by atoms with van der Waals surface area (Å²) in [6.07, 6.45) is 4.40. The summed E-state index contributed by atoms with van der Waals surface area (Å²) in [4.78, 5) is 41.1. The number of nitrogens with one attached hydrogen (secondary N) is 2. The molecule has 0 saturated heterocycles. The van der Waals surface area contributed by atoms with Crippen molar-refractivity contribution in [3.63, 3.8) is 0 Å². The van der Waals surface area contributed by atoms with Crippen LogP contribution in [0, 0.1) is 0 Å². The number of thioether (sulfide) groups is 1. The van der Waals surface area contributed by atoms with Gasteiger partial charge in [-0.3, -0.25) is 19.5 Å². The predicted molar refractivity (Wildman–Crippen MR) is 116 cm³/mol. The SMILES string of the molecule is C=CCNC(=O)NC(=O)CSc1nc2ccc(Br)cc2c(=O)n1CCCCC. The van der Waals surface area contributed by atoms with Gasteiger partial charge in [-0.15, -0.1) is 6.58 Å². The number of amides is 3. The Balaban J connectivity index is 2.21. The van der Waals surface area contributed by atoms with Crippen molar-refractivity contribution in [3.05, 3.63) is 45.7 Å². The highest BCUT2D eigenvalue weighted by Crippen LogP contribution is 2.21. The van der Waals surface area contributed by atoms with Gasteiger partial charge in [-0.1, -0.05) is 53.5 Å². The number of hydrogen-bond donors (Lipinski definition) is 2. The lowest BCUT2D eigenvalue weighted by atomic mass is 10.2. The van der Waals surface area contributed by atoms with Gasteiger partial charge in [0.1, 0.15) is 0 Å². The van der Waals surface area contributed by atoms with Crippen molar-refractivity contribution in [2.45, 2.75) is 37.9 Å². The van der Waals surface area contributed by atoms with E-state index in [1.54, 1.807) is 16.7 Å². The van der Waals surface area contributed by atoms with Gasteiger partial charge < -0.3 is 5.32 Å². The summed E-state index contributed by atoms with van der Waals surface area (Å²) < 4.78 is 2.42. The number of fused-ring (bicyclic) bond motifs is 1. The van der Waals surface area contributed by atoms with E-state index >= 15 is 0 Å². The highest BCUT2D eigenvalue weighted by atomic mass is 79.9. The molecule has 2 rings (SSSR count). The molecule has 28 heavy (non-hydrogen) atoms. The van der Waals surface area contributed by atoms with Crippen LogP contribution in [0.25, 0.3) is 10.9 Å². The van der Waals surface area contributed by atoms with Crippen molar-refractivity contribution < 1.29 is 9.59 Å². The van der Waals surface area contributed by atoms with Crippen molar-refractivity contribution in [1.29, 1.82) is 0 Å². The number of hydrogen-bond acceptors (Lipinski definition) is 5. The summed E-state index contributed by atoms with van der Waals surface area (Å²) >= 11 is 4.53. The number of aromatic nitrogens is 2. The van der Waals surface area contributed by atoms with Crippen LogP contribution in [-0.4, -0.2) is 33.8 Å². The minimum Gasteiger partial charge on any atom is -0.334 e. The first-order valence-electron chi connectivity index (χ1n) is 8.97. The highest BCUT2D eigenvalue weighted by molar-refractivity contribution is 9.10. The number of imide groups is 1. The van der Waals surface area contributed by atoms with Crippen LogP contribution in [0.2, 0.25) is 0 Å². The summed E-state index contributed by atoms with van der Waals surface area (Å²) in [6, 6.07) is 4.76. The van der Waals surface area contributed by atoms with Crippen molar-refractivity contribution >= 4 is 50.5 Å². The second-order valence-corrected chi connectivity index (χ2v) is 7.91. The van der Waals surface area contributed by atoms with E-state index in [-0.39, 0.29) is 17.9 Å². The van der Waals surface area contributed by atoms with Crippen LogP contribution >= 0.6 is 27.7 Å². The topological polar surface area (TPSA) is 93.1 Å². The van der Waals surface area contributed by atoms with Crippen LogP contribution in [0.15, 0.2) is 45.3 Å². The molecule has 1 heterocycles. The van der Waals surface area contributed by atoms with Crippen molar-refractivity contribution in [3.8, 4) is 0 Å². The lowest BCUT2D eigenvalue weighted by Crippen LogP contribution is -2.40. The van der Waals surface area contributed by atoms with Crippen LogP contribution in [0.4, 0.5) is 4.79 Å². The molecular formula is C19H23BrN4O3S. The highest BCUT2D eigenvalue weighted by Gasteiger charge is 2.14. The van der Waals surface area contributed by atoms with Crippen molar-refractivity contribution in [1.82, 2.24) is 20.2 Å². The molecule has 1 aromatic carbocycles. The van der Waals surface area contributed by atoms with Crippen LogP contribution in [0.1, 0.15) is 26.2 Å². The Morgan fingerprint density at radius 2 is 2.14 bits per heavy atom. The third kappa shape index (κ3) is 6.20. The molecule has 0 atom stereocenters. The summed E-state index contributed by atoms with van der Waals surface area (Å²) in [6.45, 7) is 6.39. The van der Waals surface area contributed by atoms with E-state index in [0.29, 0.717) is 22.6 Å². The molecule has 2 aromatic rings. The van der Waals surface area contributed by atoms with Gasteiger partial charge in [0.15, 0.2) is 5.16 Å². The van der Waals surface area contributed by atoms with Gasteiger partial charge in [0.25, 0.3) is 5.56 Å². The average molecular weight is 467 g/mol. The van der Waals surface area contributed by atoms with Crippen LogP contribution in [0.3, 0.4) is 0 Å². The van der Waals surface area contributed by atoms with Crippen LogP contribution in [-0.2, 0) is 11.3 Å². The normalized spacial score (nSPS) is 10.6. The molecule has 0 unspecified atom stereocenters. The van der Waals surface area contributed by atoms with Gasteiger partial charge in [-0.05, 0) is 24.6 Å². The number of unbranched alkanes of at least 4 members (excludes halogenated alkanes) is 2. The Kier molecular flexibility index (Phi) is 8.72. The molecule has 0 aliphatic carbocycles. The summed E-state index contributed by atoms with van der Waals surface area (Å²) in [5.41, 5.74) is 0.445. The molecule has 0 bridgehead atoms. The number of urea groups is 1. The molecule has 3 amide bonds. The van der Waals surface area contributed by atoms with E-state index in [1.165, 1.54) is 6.08 Å². The van der Waals surface area contributed by atoms with Gasteiger partial charge in [-0.2, -0.15) is 0 Å². The van der Waals surface area contributed by atoms with Crippen molar-refractivity contribution in [2.24, 2.45) is 0 Å². The van der Waals surface area contributed by atoms with E-state index in [9.17, 15) is 14.4 Å². The van der Waals surface area contributed by atoms with Gasteiger partial charge in [-0.25, -0.2) is 9.78 Å². The van der Waals surface area contributed by atoms with E-state index in [0.717, 1.165) is 35.5 Å². The Labute approximate surface area is 176 Å². The fourth-order valence-electron chi connectivity index (χ4n) is 2.50. The first-order chi connectivity index (χ1) is 13.5. The Hall–Kier alpha value is -2.13. The minimum absolute atomic E-state index is 0.0240. The first-order valence-corrected chi connectivity index (χ1v) is 10.8. The molecule has 0 spiro atoms. The average Bonchev–Trinajstić information content (AvgIpc) is 2.67. The van der Waals surface area contributed by atoms with Crippen LogP contribution in [0.5, 0.6) is 0 Å². The van der Waals surface area contributed by atoms with Crippen molar-refractivity contribution in [2.75, 3.05) is 12.3 Å². The van der Waals surface area contributed by atoms with Gasteiger partial charge >= 0.3 is 6.03 Å². The molecule has 1 aromatic heterocycles. The monoisotopic (exact) mass is 466 g/mol. The maximum atomic E-state index is 13.0. The number of benzene rings is 1. The third-order valence-corrected chi connectivity index (χ3v) is 5.33. The molecule has 0 aliphatic rings. The summed E-state index contributed by atoms with van der Waals surface area (Å²) in [7, 11) is 0. The van der Waals surface area contributed by atoms with Crippen LogP contribution < -0.4 is 16.2 Å². The first kappa shape index (κ1) is 22.2. The van der Waals surface area contributed by atoms with E-state index in [4.69, 9.17) is 0 Å². The van der Waals surface area contributed by atoms with Gasteiger partial charge in [0.05, 0.1) is 16.7 Å². The van der Waals surface area contributed by atoms with E-state index < -0.39 is 11.9 Å². The second kappa shape index (κ2) is 11.0. The van der Waals surface area contributed by atoms with E-state index in [1.807, 2.05) is 6.07 Å². The fraction of sp³-hybridized carbons (Fsp3) is 0.368. The maximum absolute atomic E-state index is 13.0. The lowest BCUT2D eigenvalue weighted by molar-refractivity contribution is -0.117. The Morgan fingerprint density at radius 1 is 1.36 bits per heavy atom.